The minimum absolute atomic E-state index is 1.36. The summed E-state index contributed by atoms with van der Waals surface area (Å²) in [4.78, 5) is 0. The fourth-order valence-electron chi connectivity index (χ4n) is 1.33. The Hall–Kier alpha value is -1.04. The van der Waals surface area contributed by atoms with Crippen LogP contribution in [0.2, 0.25) is 0 Å². The van der Waals surface area contributed by atoms with Crippen molar-refractivity contribution in [2.45, 2.75) is 41.5 Å². The van der Waals surface area contributed by atoms with E-state index in [1.165, 1.54) is 22.3 Å². The molecule has 0 aliphatic rings. The van der Waals surface area contributed by atoms with E-state index in [1.807, 2.05) is 13.8 Å². The van der Waals surface area contributed by atoms with Crippen LogP contribution in [-0.4, -0.2) is 0 Å². The zero-order valence-corrected chi connectivity index (χ0v) is 10.3. The molecule has 0 heteroatoms. The van der Waals surface area contributed by atoms with Gasteiger partial charge in [-0.1, -0.05) is 38.1 Å². The number of benzene rings is 1. The predicted octanol–water partition coefficient (Wildman–Crippen LogP) is 4.75. The van der Waals surface area contributed by atoms with E-state index in [1.54, 1.807) is 0 Å². The molecule has 0 aliphatic heterocycles. The quantitative estimate of drug-likeness (QED) is 0.599. The number of hydrogen-bond donors (Lipinski definition) is 0. The maximum atomic E-state index is 2.18. The summed E-state index contributed by atoms with van der Waals surface area (Å²) in [5, 5.41) is 0. The molecule has 1 aromatic carbocycles. The Morgan fingerprint density at radius 2 is 1.71 bits per heavy atom. The lowest BCUT2D eigenvalue weighted by Gasteiger charge is -2.07. The van der Waals surface area contributed by atoms with Crippen molar-refractivity contribution in [2.75, 3.05) is 0 Å². The summed E-state index contributed by atoms with van der Waals surface area (Å²) >= 11 is 0. The first-order valence-electron chi connectivity index (χ1n) is 5.36. The third-order valence-electron chi connectivity index (χ3n) is 2.46. The third kappa shape index (κ3) is 3.02. The molecule has 0 nitrogen and oxygen atoms in total. The lowest BCUT2D eigenvalue weighted by Crippen LogP contribution is -1.88. The summed E-state index contributed by atoms with van der Waals surface area (Å²) in [6.07, 6.45) is 2.15. The zero-order valence-electron chi connectivity index (χ0n) is 10.3. The first kappa shape index (κ1) is 13.0. The van der Waals surface area contributed by atoms with E-state index in [9.17, 15) is 0 Å². The molecule has 0 N–H and O–H groups in total. The molecule has 0 atom stereocenters. The molecular weight excluding hydrogens is 168 g/mol. The highest BCUT2D eigenvalue weighted by Crippen LogP contribution is 2.20. The van der Waals surface area contributed by atoms with Gasteiger partial charge < -0.3 is 0 Å². The van der Waals surface area contributed by atoms with Crippen LogP contribution in [0.4, 0.5) is 0 Å². The highest BCUT2D eigenvalue weighted by atomic mass is 14.1. The topological polar surface area (TPSA) is 0 Å². The minimum Gasteiger partial charge on any atom is -0.0841 e. The molecule has 0 spiro atoms. The summed E-state index contributed by atoms with van der Waals surface area (Å²) in [5.74, 6) is 0. The molecule has 0 radical (unpaired) electrons. The molecule has 0 aliphatic carbocycles. The fraction of sp³-hybridized carbons (Fsp3) is 0.429. The Morgan fingerprint density at radius 3 is 2.21 bits per heavy atom. The average Bonchev–Trinajstić information content (AvgIpc) is 2.24. The largest absolute Gasteiger partial charge is 0.0841 e. The second-order valence-corrected chi connectivity index (χ2v) is 3.22. The summed E-state index contributed by atoms with van der Waals surface area (Å²) in [6.45, 7) is 12.6. The van der Waals surface area contributed by atoms with Crippen molar-refractivity contribution in [3.63, 3.8) is 0 Å². The predicted molar refractivity (Wildman–Crippen MR) is 66.6 cm³/mol. The highest BCUT2D eigenvalue weighted by Gasteiger charge is 2.00. The van der Waals surface area contributed by atoms with Gasteiger partial charge in [0.2, 0.25) is 0 Å². The van der Waals surface area contributed by atoms with Gasteiger partial charge in [0.15, 0.2) is 0 Å². The number of rotatable bonds is 1. The lowest BCUT2D eigenvalue weighted by molar-refractivity contribution is 1.31. The van der Waals surface area contributed by atoms with E-state index in [2.05, 4.69) is 52.0 Å². The Labute approximate surface area is 88.7 Å². The fourth-order valence-corrected chi connectivity index (χ4v) is 1.33. The molecule has 0 saturated carbocycles. The van der Waals surface area contributed by atoms with Gasteiger partial charge in [-0.2, -0.15) is 0 Å². The maximum Gasteiger partial charge on any atom is -0.0199 e. The number of aryl methyl sites for hydroxylation is 1. The summed E-state index contributed by atoms with van der Waals surface area (Å²) in [7, 11) is 0. The van der Waals surface area contributed by atoms with Crippen LogP contribution in [0.1, 0.15) is 44.4 Å². The van der Waals surface area contributed by atoms with Gasteiger partial charge in [-0.15, -0.1) is 0 Å². The molecule has 0 aromatic heterocycles. The van der Waals surface area contributed by atoms with E-state index in [0.29, 0.717) is 0 Å². The van der Waals surface area contributed by atoms with Crippen LogP contribution in [0.3, 0.4) is 0 Å². The van der Waals surface area contributed by atoms with E-state index in [-0.39, 0.29) is 0 Å². The van der Waals surface area contributed by atoms with Crippen LogP contribution < -0.4 is 0 Å². The molecular formula is C14H22. The van der Waals surface area contributed by atoms with Crippen LogP contribution in [0.5, 0.6) is 0 Å². The molecule has 0 saturated heterocycles. The van der Waals surface area contributed by atoms with Gasteiger partial charge in [0.25, 0.3) is 0 Å². The molecule has 0 unspecified atom stereocenters. The van der Waals surface area contributed by atoms with Gasteiger partial charge in [-0.25, -0.2) is 0 Å². The van der Waals surface area contributed by atoms with Gasteiger partial charge in [0.05, 0.1) is 0 Å². The summed E-state index contributed by atoms with van der Waals surface area (Å²) in [5.41, 5.74) is 5.50. The van der Waals surface area contributed by atoms with Crippen molar-refractivity contribution in [2.24, 2.45) is 0 Å². The van der Waals surface area contributed by atoms with Crippen molar-refractivity contribution in [3.05, 3.63) is 41.0 Å². The Morgan fingerprint density at radius 1 is 1.14 bits per heavy atom. The summed E-state index contributed by atoms with van der Waals surface area (Å²) in [6, 6.07) is 6.45. The van der Waals surface area contributed by atoms with Crippen molar-refractivity contribution in [1.29, 1.82) is 0 Å². The molecule has 0 amide bonds. The molecule has 14 heavy (non-hydrogen) atoms. The standard InChI is InChI=1S/C12H16.C2H6/c1-5-9(2)12-8-6-7-10(3)11(12)4;1-2/h5-8H,1-4H3;1-2H3/b9-5-;. The van der Waals surface area contributed by atoms with E-state index >= 15 is 0 Å². The summed E-state index contributed by atoms with van der Waals surface area (Å²) < 4.78 is 0. The SMILES string of the molecule is C/C=C(/C)c1cccc(C)c1C.CC. The normalized spacial score (nSPS) is 10.6. The van der Waals surface area contributed by atoms with E-state index < -0.39 is 0 Å². The highest BCUT2D eigenvalue weighted by molar-refractivity contribution is 5.67. The molecule has 0 heterocycles. The Kier molecular flexibility index (Phi) is 5.94. The first-order chi connectivity index (χ1) is 6.66. The Bertz CT molecular complexity index is 306. The van der Waals surface area contributed by atoms with Crippen molar-refractivity contribution >= 4 is 5.57 Å². The second-order valence-electron chi connectivity index (χ2n) is 3.22. The van der Waals surface area contributed by atoms with Crippen molar-refractivity contribution in [1.82, 2.24) is 0 Å². The Balaban J connectivity index is 0.000000791. The van der Waals surface area contributed by atoms with Gasteiger partial charge in [-0.05, 0) is 50.0 Å². The second kappa shape index (κ2) is 6.42. The first-order valence-corrected chi connectivity index (χ1v) is 5.36. The minimum atomic E-state index is 1.36. The van der Waals surface area contributed by atoms with Crippen LogP contribution in [0, 0.1) is 13.8 Å². The molecule has 1 rings (SSSR count). The lowest BCUT2D eigenvalue weighted by atomic mass is 9.98. The van der Waals surface area contributed by atoms with Crippen molar-refractivity contribution in [3.8, 4) is 0 Å². The average molecular weight is 190 g/mol. The molecule has 0 bridgehead atoms. The maximum absolute atomic E-state index is 2.18. The van der Waals surface area contributed by atoms with Gasteiger partial charge >= 0.3 is 0 Å². The number of hydrogen-bond acceptors (Lipinski definition) is 0. The zero-order chi connectivity index (χ0) is 11.1. The third-order valence-corrected chi connectivity index (χ3v) is 2.46. The monoisotopic (exact) mass is 190 g/mol. The molecule has 1 aromatic rings. The smallest absolute Gasteiger partial charge is 0.0199 e. The molecule has 78 valence electrons. The van der Waals surface area contributed by atoms with Crippen LogP contribution in [-0.2, 0) is 0 Å². The van der Waals surface area contributed by atoms with Crippen molar-refractivity contribution < 1.29 is 0 Å². The number of allylic oxidation sites excluding steroid dienone is 2. The van der Waals surface area contributed by atoms with Gasteiger partial charge in [0.1, 0.15) is 0 Å². The molecule has 0 fully saturated rings. The van der Waals surface area contributed by atoms with Crippen LogP contribution in [0.15, 0.2) is 24.3 Å². The van der Waals surface area contributed by atoms with Gasteiger partial charge in [-0.3, -0.25) is 0 Å². The van der Waals surface area contributed by atoms with E-state index in [4.69, 9.17) is 0 Å². The van der Waals surface area contributed by atoms with E-state index in [0.717, 1.165) is 0 Å². The van der Waals surface area contributed by atoms with Crippen LogP contribution in [0.25, 0.3) is 5.57 Å². The van der Waals surface area contributed by atoms with Gasteiger partial charge in [0, 0.05) is 0 Å². The van der Waals surface area contributed by atoms with Crippen LogP contribution >= 0.6 is 0 Å².